The predicted molar refractivity (Wildman–Crippen MR) is 114 cm³/mol. The van der Waals surface area contributed by atoms with Gasteiger partial charge in [0.15, 0.2) is 5.11 Å². The van der Waals surface area contributed by atoms with Crippen molar-refractivity contribution in [2.24, 2.45) is 0 Å². The summed E-state index contributed by atoms with van der Waals surface area (Å²) in [5.74, 6) is 1.06. The quantitative estimate of drug-likeness (QED) is 0.522. The maximum absolute atomic E-state index is 13.0. The summed E-state index contributed by atoms with van der Waals surface area (Å²) in [6.07, 6.45) is 1.74. The molecular weight excluding hydrogens is 428 g/mol. The van der Waals surface area contributed by atoms with E-state index in [2.05, 4.69) is 21.2 Å². The van der Waals surface area contributed by atoms with E-state index in [1.54, 1.807) is 6.08 Å². The summed E-state index contributed by atoms with van der Waals surface area (Å²) in [5, 5.41) is 3.31. The molecule has 0 atom stereocenters. The number of anilines is 1. The summed E-state index contributed by atoms with van der Waals surface area (Å²) >= 11 is 8.86. The van der Waals surface area contributed by atoms with Crippen molar-refractivity contribution in [1.82, 2.24) is 5.32 Å². The number of para-hydroxylation sites is 2. The molecule has 0 aromatic heterocycles. The first-order valence-electron chi connectivity index (χ1n) is 8.56. The Morgan fingerprint density at radius 3 is 2.56 bits per heavy atom. The van der Waals surface area contributed by atoms with Crippen LogP contribution >= 0.6 is 28.1 Å². The normalized spacial score (nSPS) is 15.2. The van der Waals surface area contributed by atoms with Gasteiger partial charge in [0.25, 0.3) is 5.91 Å². The molecule has 27 heavy (non-hydrogen) atoms. The highest BCUT2D eigenvalue weighted by molar-refractivity contribution is 9.10. The highest BCUT2D eigenvalue weighted by Gasteiger charge is 2.33. The second kappa shape index (κ2) is 8.54. The number of nitrogens with one attached hydrogen (secondary N) is 1. The van der Waals surface area contributed by atoms with E-state index in [1.165, 1.54) is 4.90 Å². The molecule has 1 fully saturated rings. The Morgan fingerprint density at radius 2 is 1.81 bits per heavy atom. The Balaban J connectivity index is 1.98. The monoisotopic (exact) mass is 446 g/mol. The Kier molecular flexibility index (Phi) is 6.13. The second-order valence-electron chi connectivity index (χ2n) is 5.64. The maximum atomic E-state index is 13.0. The first-order chi connectivity index (χ1) is 13.0. The summed E-state index contributed by atoms with van der Waals surface area (Å²) in [6, 6.07) is 13.0. The van der Waals surface area contributed by atoms with Gasteiger partial charge in [0.2, 0.25) is 0 Å². The van der Waals surface area contributed by atoms with Crippen molar-refractivity contribution >= 4 is 50.9 Å². The van der Waals surface area contributed by atoms with Crippen molar-refractivity contribution in [2.75, 3.05) is 18.1 Å². The minimum atomic E-state index is -0.241. The van der Waals surface area contributed by atoms with Gasteiger partial charge < -0.3 is 14.8 Å². The van der Waals surface area contributed by atoms with Crippen LogP contribution in [0.25, 0.3) is 6.08 Å². The number of rotatable bonds is 6. The molecule has 0 aliphatic carbocycles. The highest BCUT2D eigenvalue weighted by Crippen LogP contribution is 2.32. The lowest BCUT2D eigenvalue weighted by molar-refractivity contribution is -0.113. The fourth-order valence-corrected chi connectivity index (χ4v) is 3.42. The Morgan fingerprint density at radius 1 is 1.11 bits per heavy atom. The van der Waals surface area contributed by atoms with Crippen LogP contribution < -0.4 is 19.7 Å². The zero-order chi connectivity index (χ0) is 19.4. The zero-order valence-electron chi connectivity index (χ0n) is 15.0. The average molecular weight is 447 g/mol. The molecular formula is C20H19BrN2O3S. The number of nitrogens with zero attached hydrogens (tertiary/aromatic N) is 1. The predicted octanol–water partition coefficient (Wildman–Crippen LogP) is 4.51. The maximum Gasteiger partial charge on any atom is 0.281 e. The van der Waals surface area contributed by atoms with Crippen molar-refractivity contribution < 1.29 is 14.3 Å². The molecule has 0 bridgehead atoms. The first-order valence-corrected chi connectivity index (χ1v) is 9.76. The fourth-order valence-electron chi connectivity index (χ4n) is 2.75. The molecule has 0 spiro atoms. The third-order valence-corrected chi connectivity index (χ3v) is 4.63. The van der Waals surface area contributed by atoms with E-state index < -0.39 is 0 Å². The highest BCUT2D eigenvalue weighted by atomic mass is 79.9. The first kappa shape index (κ1) is 19.4. The van der Waals surface area contributed by atoms with Gasteiger partial charge in [-0.05, 0) is 62.5 Å². The molecule has 2 aromatic carbocycles. The van der Waals surface area contributed by atoms with Gasteiger partial charge in [0, 0.05) is 10.0 Å². The van der Waals surface area contributed by atoms with Gasteiger partial charge in [-0.25, -0.2) is 4.90 Å². The average Bonchev–Trinajstić information content (AvgIpc) is 2.92. The number of hydrogen-bond acceptors (Lipinski definition) is 4. The van der Waals surface area contributed by atoms with Gasteiger partial charge >= 0.3 is 0 Å². The molecule has 0 radical (unpaired) electrons. The number of carbonyl (C=O) groups excluding carboxylic acids is 1. The molecule has 1 aliphatic rings. The molecule has 1 heterocycles. The Labute approximate surface area is 172 Å². The number of carbonyl (C=O) groups is 1. The lowest BCUT2D eigenvalue weighted by Gasteiger charge is -2.18. The molecule has 2 aromatic rings. The van der Waals surface area contributed by atoms with Crippen molar-refractivity contribution in [2.45, 2.75) is 13.8 Å². The summed E-state index contributed by atoms with van der Waals surface area (Å²) in [6.45, 7) is 4.84. The molecule has 1 aliphatic heterocycles. The number of thiocarbonyl (C=S) groups is 1. The number of halogens is 1. The van der Waals surface area contributed by atoms with Crippen LogP contribution in [0.1, 0.15) is 19.4 Å². The van der Waals surface area contributed by atoms with Gasteiger partial charge in [-0.2, -0.15) is 0 Å². The van der Waals surface area contributed by atoms with Crippen LogP contribution in [0.2, 0.25) is 0 Å². The van der Waals surface area contributed by atoms with Gasteiger partial charge in [-0.1, -0.05) is 28.1 Å². The number of hydrogen-bond donors (Lipinski definition) is 1. The van der Waals surface area contributed by atoms with E-state index in [9.17, 15) is 4.79 Å². The van der Waals surface area contributed by atoms with Crippen LogP contribution in [0.15, 0.2) is 52.6 Å². The topological polar surface area (TPSA) is 50.8 Å². The molecule has 1 N–H and O–H groups in total. The van der Waals surface area contributed by atoms with Crippen molar-refractivity contribution in [3.63, 3.8) is 0 Å². The summed E-state index contributed by atoms with van der Waals surface area (Å²) in [5.41, 5.74) is 1.78. The summed E-state index contributed by atoms with van der Waals surface area (Å²) in [4.78, 5) is 14.5. The van der Waals surface area contributed by atoms with Crippen molar-refractivity contribution in [3.8, 4) is 11.5 Å². The van der Waals surface area contributed by atoms with Crippen LogP contribution in [-0.4, -0.2) is 24.2 Å². The molecule has 5 nitrogen and oxygen atoms in total. The number of benzene rings is 2. The van der Waals surface area contributed by atoms with Crippen LogP contribution in [0, 0.1) is 0 Å². The zero-order valence-corrected chi connectivity index (χ0v) is 17.4. The largest absolute Gasteiger partial charge is 0.493 e. The lowest BCUT2D eigenvalue weighted by Crippen LogP contribution is -2.30. The standard InChI is InChI=1S/C20H19BrN2O3S/c1-3-25-17-10-9-14(21)11-13(17)12-15-19(24)23(20(27)22-15)16-7-5-6-8-18(16)26-4-2/h5-12H,3-4H2,1-2H3,(H,22,27)/b15-12+. The fraction of sp³-hybridized carbons (Fsp3) is 0.200. The molecule has 140 valence electrons. The van der Waals surface area contributed by atoms with E-state index in [4.69, 9.17) is 21.7 Å². The van der Waals surface area contributed by atoms with Gasteiger partial charge in [0.05, 0.1) is 18.9 Å². The van der Waals surface area contributed by atoms with Crippen LogP contribution in [0.4, 0.5) is 5.69 Å². The van der Waals surface area contributed by atoms with Gasteiger partial charge in [-0.3, -0.25) is 4.79 Å². The van der Waals surface area contributed by atoms with Crippen LogP contribution in [-0.2, 0) is 4.79 Å². The second-order valence-corrected chi connectivity index (χ2v) is 6.95. The van der Waals surface area contributed by atoms with E-state index in [0.29, 0.717) is 41.2 Å². The number of ether oxygens (including phenoxy) is 2. The minimum Gasteiger partial charge on any atom is -0.493 e. The molecule has 7 heteroatoms. The van der Waals surface area contributed by atoms with E-state index >= 15 is 0 Å². The van der Waals surface area contributed by atoms with Gasteiger partial charge in [-0.15, -0.1) is 0 Å². The molecule has 0 unspecified atom stereocenters. The molecule has 3 rings (SSSR count). The van der Waals surface area contributed by atoms with Crippen molar-refractivity contribution in [3.05, 3.63) is 58.2 Å². The third kappa shape index (κ3) is 4.14. The van der Waals surface area contributed by atoms with Crippen LogP contribution in [0.5, 0.6) is 11.5 Å². The van der Waals surface area contributed by atoms with Crippen LogP contribution in [0.3, 0.4) is 0 Å². The summed E-state index contributed by atoms with van der Waals surface area (Å²) in [7, 11) is 0. The molecule has 1 amide bonds. The Bertz CT molecular complexity index is 914. The minimum absolute atomic E-state index is 0.241. The Hall–Kier alpha value is -2.38. The van der Waals surface area contributed by atoms with E-state index in [-0.39, 0.29) is 5.91 Å². The molecule has 1 saturated heterocycles. The van der Waals surface area contributed by atoms with Gasteiger partial charge in [0.1, 0.15) is 17.2 Å². The SMILES string of the molecule is CCOc1ccc(Br)cc1/C=C1/NC(=S)N(c2ccccc2OCC)C1=O. The third-order valence-electron chi connectivity index (χ3n) is 3.86. The number of amides is 1. The molecule has 0 saturated carbocycles. The lowest BCUT2D eigenvalue weighted by atomic mass is 10.1. The van der Waals surface area contributed by atoms with Crippen molar-refractivity contribution in [1.29, 1.82) is 0 Å². The summed E-state index contributed by atoms with van der Waals surface area (Å²) < 4.78 is 12.2. The van der Waals surface area contributed by atoms with E-state index in [1.807, 2.05) is 56.3 Å². The van der Waals surface area contributed by atoms with E-state index in [0.717, 1.165) is 10.0 Å². The smallest absolute Gasteiger partial charge is 0.281 e.